The molecule has 0 bridgehead atoms. The molecule has 0 unspecified atom stereocenters. The quantitative estimate of drug-likeness (QED) is 0.426. The maximum absolute atomic E-state index is 12.1. The molecular formula is C15H16BrN3O5. The largest absolute Gasteiger partial charge is 0.456 e. The molecule has 24 heavy (non-hydrogen) atoms. The van der Waals surface area contributed by atoms with Gasteiger partial charge in [-0.15, -0.1) is 10.2 Å². The van der Waals surface area contributed by atoms with Crippen LogP contribution in [0.15, 0.2) is 29.1 Å². The average molecular weight is 398 g/mol. The monoisotopic (exact) mass is 397 g/mol. The standard InChI is InChI=1S/C15H16BrN3O5/c1-9(2)24-15(22)19-7-3-4-11(19)14(21)23-8-12(20)10-5-6-13(16)18-17-10/h5-6,11H,1,3-4,7-8H2,2H3/t11-/m0/s1. The number of carbonyl (C=O) groups is 3. The maximum atomic E-state index is 12.1. The van der Waals surface area contributed by atoms with Gasteiger partial charge in [-0.05, 0) is 47.8 Å². The van der Waals surface area contributed by atoms with Gasteiger partial charge in [0.15, 0.2) is 6.61 Å². The number of rotatable bonds is 5. The second-order valence-corrected chi connectivity index (χ2v) is 6.01. The molecule has 1 fully saturated rings. The first-order chi connectivity index (χ1) is 11.4. The molecule has 1 saturated heterocycles. The Morgan fingerprint density at radius 2 is 2.12 bits per heavy atom. The Kier molecular flexibility index (Phi) is 6.02. The topological polar surface area (TPSA) is 98.7 Å². The van der Waals surface area contributed by atoms with Gasteiger partial charge in [-0.3, -0.25) is 9.69 Å². The van der Waals surface area contributed by atoms with Crippen molar-refractivity contribution in [3.63, 3.8) is 0 Å². The van der Waals surface area contributed by atoms with Crippen LogP contribution in [0, 0.1) is 0 Å². The summed E-state index contributed by atoms with van der Waals surface area (Å²) in [7, 11) is 0. The lowest BCUT2D eigenvalue weighted by Gasteiger charge is -2.22. The summed E-state index contributed by atoms with van der Waals surface area (Å²) in [6, 6.07) is 2.27. The highest BCUT2D eigenvalue weighted by atomic mass is 79.9. The van der Waals surface area contributed by atoms with Gasteiger partial charge in [0.2, 0.25) is 5.78 Å². The van der Waals surface area contributed by atoms with Crippen molar-refractivity contribution in [3.8, 4) is 0 Å². The van der Waals surface area contributed by atoms with Gasteiger partial charge in [-0.25, -0.2) is 9.59 Å². The fraction of sp³-hybridized carbons (Fsp3) is 0.400. The van der Waals surface area contributed by atoms with Crippen LogP contribution in [0.5, 0.6) is 0 Å². The van der Waals surface area contributed by atoms with E-state index in [1.807, 2.05) is 0 Å². The summed E-state index contributed by atoms with van der Waals surface area (Å²) in [6.07, 6.45) is 0.459. The fourth-order valence-corrected chi connectivity index (χ4v) is 2.42. The van der Waals surface area contributed by atoms with Gasteiger partial charge in [0.1, 0.15) is 16.3 Å². The Hall–Kier alpha value is -2.29. The van der Waals surface area contributed by atoms with Crippen molar-refractivity contribution >= 4 is 33.8 Å². The lowest BCUT2D eigenvalue weighted by Crippen LogP contribution is -2.42. The fourth-order valence-electron chi connectivity index (χ4n) is 2.21. The zero-order valence-electron chi connectivity index (χ0n) is 13.0. The highest BCUT2D eigenvalue weighted by Gasteiger charge is 2.36. The van der Waals surface area contributed by atoms with Crippen LogP contribution in [0.3, 0.4) is 0 Å². The highest BCUT2D eigenvalue weighted by Crippen LogP contribution is 2.20. The number of amides is 1. The number of esters is 1. The minimum absolute atomic E-state index is 0.0935. The molecule has 0 aromatic carbocycles. The van der Waals surface area contributed by atoms with E-state index < -0.39 is 30.5 Å². The van der Waals surface area contributed by atoms with Gasteiger partial charge in [-0.1, -0.05) is 6.58 Å². The van der Waals surface area contributed by atoms with Gasteiger partial charge < -0.3 is 9.47 Å². The summed E-state index contributed by atoms with van der Waals surface area (Å²) in [5.41, 5.74) is 0.0935. The number of Topliss-reactive ketones (excluding diaryl/α,β-unsaturated/α-hetero) is 1. The number of likely N-dealkylation sites (tertiary alicyclic amines) is 1. The molecule has 128 valence electrons. The molecule has 0 aliphatic carbocycles. The summed E-state index contributed by atoms with van der Waals surface area (Å²) in [4.78, 5) is 37.3. The van der Waals surface area contributed by atoms with Gasteiger partial charge in [0.25, 0.3) is 0 Å². The van der Waals surface area contributed by atoms with E-state index in [4.69, 9.17) is 9.47 Å². The summed E-state index contributed by atoms with van der Waals surface area (Å²) >= 11 is 3.11. The zero-order chi connectivity index (χ0) is 17.7. The van der Waals surface area contributed by atoms with E-state index in [2.05, 4.69) is 32.7 Å². The van der Waals surface area contributed by atoms with Crippen LogP contribution >= 0.6 is 15.9 Å². The number of nitrogens with zero attached hydrogens (tertiary/aromatic N) is 3. The van der Waals surface area contributed by atoms with Crippen LogP contribution in [-0.2, 0) is 14.3 Å². The van der Waals surface area contributed by atoms with Crippen molar-refractivity contribution in [2.45, 2.75) is 25.8 Å². The van der Waals surface area contributed by atoms with Gasteiger partial charge in [0, 0.05) is 6.54 Å². The van der Waals surface area contributed by atoms with Crippen LogP contribution in [0.25, 0.3) is 0 Å². The third-order valence-corrected chi connectivity index (χ3v) is 3.71. The first-order valence-corrected chi connectivity index (χ1v) is 8.01. The molecule has 2 rings (SSSR count). The van der Waals surface area contributed by atoms with Gasteiger partial charge in [0.05, 0.1) is 5.76 Å². The zero-order valence-corrected chi connectivity index (χ0v) is 14.6. The SMILES string of the molecule is C=C(C)OC(=O)N1CCC[C@H]1C(=O)OCC(=O)c1ccc(Br)nn1. The Morgan fingerprint density at radius 1 is 1.38 bits per heavy atom. The smallest absolute Gasteiger partial charge is 0.415 e. The molecule has 1 aliphatic heterocycles. The molecule has 9 heteroatoms. The summed E-state index contributed by atoms with van der Waals surface area (Å²) in [6.45, 7) is 4.95. The van der Waals surface area contributed by atoms with Gasteiger partial charge >= 0.3 is 12.1 Å². The Morgan fingerprint density at radius 3 is 2.75 bits per heavy atom. The second-order valence-electron chi connectivity index (χ2n) is 5.19. The number of allylic oxidation sites excluding steroid dienone is 1. The Balaban J connectivity index is 1.91. The third-order valence-electron chi connectivity index (χ3n) is 3.28. The second kappa shape index (κ2) is 8.00. The number of hydrogen-bond donors (Lipinski definition) is 0. The molecular weight excluding hydrogens is 382 g/mol. The average Bonchev–Trinajstić information content (AvgIpc) is 3.02. The molecule has 1 aromatic rings. The predicted octanol–water partition coefficient (Wildman–Crippen LogP) is 2.10. The Labute approximate surface area is 146 Å². The number of halogens is 1. The first-order valence-electron chi connectivity index (χ1n) is 7.21. The molecule has 0 spiro atoms. The molecule has 0 radical (unpaired) electrons. The minimum atomic E-state index is -0.763. The number of ketones is 1. The number of carbonyl (C=O) groups excluding carboxylic acids is 3. The van der Waals surface area contributed by atoms with Crippen LogP contribution in [-0.4, -0.2) is 52.1 Å². The van der Waals surface area contributed by atoms with Crippen molar-refractivity contribution in [3.05, 3.63) is 34.8 Å². The molecule has 1 aromatic heterocycles. The normalized spacial score (nSPS) is 16.6. The van der Waals surface area contributed by atoms with Crippen molar-refractivity contribution in [2.24, 2.45) is 0 Å². The van der Waals surface area contributed by atoms with E-state index >= 15 is 0 Å². The first kappa shape index (κ1) is 18.1. The van der Waals surface area contributed by atoms with E-state index in [1.54, 1.807) is 13.0 Å². The maximum Gasteiger partial charge on any atom is 0.415 e. The van der Waals surface area contributed by atoms with E-state index in [0.717, 1.165) is 0 Å². The lowest BCUT2D eigenvalue weighted by atomic mass is 10.2. The highest BCUT2D eigenvalue weighted by molar-refractivity contribution is 9.10. The number of hydrogen-bond acceptors (Lipinski definition) is 7. The van der Waals surface area contributed by atoms with Crippen molar-refractivity contribution < 1.29 is 23.9 Å². The van der Waals surface area contributed by atoms with E-state index in [0.29, 0.717) is 24.0 Å². The third kappa shape index (κ3) is 4.60. The minimum Gasteiger partial charge on any atom is -0.456 e. The van der Waals surface area contributed by atoms with Crippen LogP contribution in [0.4, 0.5) is 4.79 Å². The molecule has 1 amide bonds. The van der Waals surface area contributed by atoms with Crippen LogP contribution in [0.2, 0.25) is 0 Å². The number of ether oxygens (including phenoxy) is 2. The lowest BCUT2D eigenvalue weighted by molar-refractivity contribution is -0.147. The summed E-state index contributed by atoms with van der Waals surface area (Å²) in [5, 5.41) is 7.39. The van der Waals surface area contributed by atoms with Crippen LogP contribution in [0.1, 0.15) is 30.3 Å². The molecule has 1 aliphatic rings. The van der Waals surface area contributed by atoms with Crippen molar-refractivity contribution in [1.29, 1.82) is 0 Å². The molecule has 1 atom stereocenters. The number of aromatic nitrogens is 2. The molecule has 0 saturated carbocycles. The van der Waals surface area contributed by atoms with Crippen molar-refractivity contribution in [1.82, 2.24) is 15.1 Å². The van der Waals surface area contributed by atoms with E-state index in [-0.39, 0.29) is 11.5 Å². The van der Waals surface area contributed by atoms with Crippen molar-refractivity contribution in [2.75, 3.05) is 13.2 Å². The van der Waals surface area contributed by atoms with Crippen LogP contribution < -0.4 is 0 Å². The van der Waals surface area contributed by atoms with E-state index in [1.165, 1.54) is 11.0 Å². The molecule has 8 nitrogen and oxygen atoms in total. The molecule has 2 heterocycles. The summed E-state index contributed by atoms with van der Waals surface area (Å²) < 4.78 is 10.4. The Bertz CT molecular complexity index is 662. The molecule has 0 N–H and O–H groups in total. The predicted molar refractivity (Wildman–Crippen MR) is 86.0 cm³/mol. The summed E-state index contributed by atoms with van der Waals surface area (Å²) in [5.74, 6) is -0.884. The van der Waals surface area contributed by atoms with Gasteiger partial charge in [-0.2, -0.15) is 0 Å². The van der Waals surface area contributed by atoms with E-state index in [9.17, 15) is 14.4 Å².